The van der Waals surface area contributed by atoms with Gasteiger partial charge in [0, 0.05) is 5.41 Å². The second kappa shape index (κ2) is 3.64. The molecule has 19 heavy (non-hydrogen) atoms. The third-order valence-electron chi connectivity index (χ3n) is 4.90. The molecule has 2 rings (SSSR count). The fraction of sp³-hybridized carbons (Fsp3) is 0.833. The molecule has 2 atom stereocenters. The number of fused-ring (bicyclic) bond motifs is 2. The van der Waals surface area contributed by atoms with Crippen molar-refractivity contribution < 1.29 is 27.5 Å². The van der Waals surface area contributed by atoms with Crippen LogP contribution < -0.4 is 5.32 Å². The molecule has 1 saturated heterocycles. The van der Waals surface area contributed by atoms with Crippen LogP contribution in [0.2, 0.25) is 0 Å². The molecule has 1 N–H and O–H groups in total. The van der Waals surface area contributed by atoms with E-state index in [1.807, 2.05) is 5.32 Å². The molecular weight excluding hydrogens is 263 g/mol. The number of hydrogen-bond donors (Lipinski definition) is 1. The number of carbonyl (C=O) groups is 2. The predicted molar refractivity (Wildman–Crippen MR) is 59.0 cm³/mol. The van der Waals surface area contributed by atoms with Gasteiger partial charge in [0.15, 0.2) is 5.60 Å². The Bertz CT molecular complexity index is 446. The van der Waals surface area contributed by atoms with Crippen LogP contribution in [0, 0.1) is 10.8 Å². The van der Waals surface area contributed by atoms with E-state index in [1.54, 1.807) is 20.8 Å². The number of esters is 1. The van der Waals surface area contributed by atoms with Crippen LogP contribution >= 0.6 is 0 Å². The fourth-order valence-electron chi connectivity index (χ4n) is 3.07. The van der Waals surface area contributed by atoms with Gasteiger partial charge in [0.2, 0.25) is 0 Å². The summed E-state index contributed by atoms with van der Waals surface area (Å²) >= 11 is 0. The lowest BCUT2D eigenvalue weighted by atomic mass is 9.66. The molecule has 0 aromatic rings. The van der Waals surface area contributed by atoms with Crippen molar-refractivity contribution in [3.8, 4) is 0 Å². The molecular formula is C12H16F3NO3. The summed E-state index contributed by atoms with van der Waals surface area (Å²) < 4.78 is 41.7. The summed E-state index contributed by atoms with van der Waals surface area (Å²) in [5.41, 5.74) is -3.13. The number of rotatable bonds is 2. The van der Waals surface area contributed by atoms with Crippen LogP contribution in [-0.2, 0) is 14.3 Å². The van der Waals surface area contributed by atoms with E-state index < -0.39 is 41.0 Å². The molecule has 2 bridgehead atoms. The van der Waals surface area contributed by atoms with Gasteiger partial charge >= 0.3 is 12.1 Å². The molecule has 1 aliphatic heterocycles. The SMILES string of the molecule is CC1(C)[C@]2(C)CC[C@]1(C(=O)NCC(F)(F)F)OC2=O. The van der Waals surface area contributed by atoms with Crippen LogP contribution in [-0.4, -0.2) is 30.2 Å². The maximum absolute atomic E-state index is 12.2. The molecule has 1 aliphatic carbocycles. The Kier molecular flexibility index (Phi) is 2.71. The molecule has 2 aliphatic rings. The second-order valence-electron chi connectivity index (χ2n) is 5.97. The van der Waals surface area contributed by atoms with Crippen molar-refractivity contribution in [1.29, 1.82) is 0 Å². The summed E-state index contributed by atoms with van der Waals surface area (Å²) in [5.74, 6) is -1.37. The highest BCUT2D eigenvalue weighted by Crippen LogP contribution is 2.65. The van der Waals surface area contributed by atoms with Crippen molar-refractivity contribution in [3.05, 3.63) is 0 Å². The average Bonchev–Trinajstić information content (AvgIpc) is 2.55. The molecule has 1 amide bonds. The van der Waals surface area contributed by atoms with Gasteiger partial charge in [-0.1, -0.05) is 13.8 Å². The molecule has 1 heterocycles. The molecule has 4 nitrogen and oxygen atoms in total. The number of nitrogens with one attached hydrogen (secondary N) is 1. The quantitative estimate of drug-likeness (QED) is 0.784. The van der Waals surface area contributed by atoms with Crippen LogP contribution in [0.25, 0.3) is 0 Å². The van der Waals surface area contributed by atoms with E-state index in [9.17, 15) is 22.8 Å². The Balaban J connectivity index is 2.25. The van der Waals surface area contributed by atoms with Crippen molar-refractivity contribution in [2.75, 3.05) is 6.54 Å². The molecule has 0 unspecified atom stereocenters. The lowest BCUT2D eigenvalue weighted by Gasteiger charge is -2.35. The lowest BCUT2D eigenvalue weighted by Crippen LogP contribution is -2.54. The van der Waals surface area contributed by atoms with Gasteiger partial charge < -0.3 is 10.1 Å². The molecule has 0 spiro atoms. The number of alkyl halides is 3. The molecule has 0 aromatic heterocycles. The fourth-order valence-corrected chi connectivity index (χ4v) is 3.07. The third-order valence-corrected chi connectivity index (χ3v) is 4.90. The third kappa shape index (κ3) is 1.66. The largest absolute Gasteiger partial charge is 0.448 e. The van der Waals surface area contributed by atoms with Gasteiger partial charge in [-0.15, -0.1) is 0 Å². The van der Waals surface area contributed by atoms with Crippen molar-refractivity contribution in [2.24, 2.45) is 10.8 Å². The molecule has 2 fully saturated rings. The summed E-state index contributed by atoms with van der Waals surface area (Å²) in [5, 5.41) is 1.84. The predicted octanol–water partition coefficient (Wildman–Crippen LogP) is 1.79. The molecule has 108 valence electrons. The number of amides is 1. The zero-order valence-corrected chi connectivity index (χ0v) is 11.0. The minimum atomic E-state index is -4.49. The maximum Gasteiger partial charge on any atom is 0.405 e. The summed E-state index contributed by atoms with van der Waals surface area (Å²) in [4.78, 5) is 23.9. The number of hydrogen-bond acceptors (Lipinski definition) is 3. The Morgan fingerprint density at radius 1 is 1.32 bits per heavy atom. The summed E-state index contributed by atoms with van der Waals surface area (Å²) in [6.45, 7) is 3.66. The minimum Gasteiger partial charge on any atom is -0.448 e. The van der Waals surface area contributed by atoms with E-state index in [1.165, 1.54) is 0 Å². The van der Waals surface area contributed by atoms with Crippen molar-refractivity contribution in [3.63, 3.8) is 0 Å². The van der Waals surface area contributed by atoms with Gasteiger partial charge in [-0.3, -0.25) is 9.59 Å². The van der Waals surface area contributed by atoms with Crippen LogP contribution in [0.1, 0.15) is 33.6 Å². The first kappa shape index (κ1) is 14.1. The Labute approximate surface area is 108 Å². The zero-order chi connectivity index (χ0) is 14.7. The summed E-state index contributed by atoms with van der Waals surface area (Å²) in [6.07, 6.45) is -3.79. The smallest absolute Gasteiger partial charge is 0.405 e. The van der Waals surface area contributed by atoms with Crippen molar-refractivity contribution in [1.82, 2.24) is 5.32 Å². The minimum absolute atomic E-state index is 0.256. The van der Waals surface area contributed by atoms with Gasteiger partial charge in [0.1, 0.15) is 6.54 Å². The van der Waals surface area contributed by atoms with E-state index >= 15 is 0 Å². The second-order valence-corrected chi connectivity index (χ2v) is 5.97. The first-order valence-electron chi connectivity index (χ1n) is 6.05. The van der Waals surface area contributed by atoms with Gasteiger partial charge in [-0.25, -0.2) is 0 Å². The highest BCUT2D eigenvalue weighted by atomic mass is 19.4. The Morgan fingerprint density at radius 2 is 1.89 bits per heavy atom. The van der Waals surface area contributed by atoms with Crippen LogP contribution in [0.3, 0.4) is 0 Å². The number of carbonyl (C=O) groups excluding carboxylic acids is 2. The van der Waals surface area contributed by atoms with Gasteiger partial charge in [0.25, 0.3) is 5.91 Å². The summed E-state index contributed by atoms with van der Waals surface area (Å²) in [7, 11) is 0. The molecule has 0 radical (unpaired) electrons. The lowest BCUT2D eigenvalue weighted by molar-refractivity contribution is -0.171. The van der Waals surface area contributed by atoms with Crippen LogP contribution in [0.15, 0.2) is 0 Å². The van der Waals surface area contributed by atoms with Gasteiger partial charge in [-0.05, 0) is 19.8 Å². The van der Waals surface area contributed by atoms with Gasteiger partial charge in [-0.2, -0.15) is 13.2 Å². The highest BCUT2D eigenvalue weighted by molar-refractivity contribution is 5.96. The molecule has 0 aromatic carbocycles. The highest BCUT2D eigenvalue weighted by Gasteiger charge is 2.75. The standard InChI is InChI=1S/C12H16F3NO3/c1-9(2)10(3)4-5-11(9,19-8(10)18)7(17)16-6-12(13,14)15/h4-6H2,1-3H3,(H,16,17)/t10-,11-/m1/s1. The topological polar surface area (TPSA) is 55.4 Å². The van der Waals surface area contributed by atoms with Crippen LogP contribution in [0.4, 0.5) is 13.2 Å². The number of ether oxygens (including phenoxy) is 1. The Morgan fingerprint density at radius 3 is 2.26 bits per heavy atom. The van der Waals surface area contributed by atoms with E-state index in [0.29, 0.717) is 6.42 Å². The normalized spacial score (nSPS) is 36.2. The first-order chi connectivity index (χ1) is 8.46. The average molecular weight is 279 g/mol. The van der Waals surface area contributed by atoms with E-state index in [-0.39, 0.29) is 6.42 Å². The molecule has 1 saturated carbocycles. The summed E-state index contributed by atoms with van der Waals surface area (Å²) in [6, 6.07) is 0. The van der Waals surface area contributed by atoms with Crippen molar-refractivity contribution in [2.45, 2.75) is 45.4 Å². The van der Waals surface area contributed by atoms with E-state index in [4.69, 9.17) is 4.74 Å². The zero-order valence-electron chi connectivity index (χ0n) is 11.0. The van der Waals surface area contributed by atoms with Gasteiger partial charge in [0.05, 0.1) is 5.41 Å². The Hall–Kier alpha value is -1.27. The first-order valence-corrected chi connectivity index (χ1v) is 6.05. The van der Waals surface area contributed by atoms with E-state index in [2.05, 4.69) is 0 Å². The number of halogens is 3. The molecule has 7 heteroatoms. The van der Waals surface area contributed by atoms with Crippen LogP contribution in [0.5, 0.6) is 0 Å². The monoisotopic (exact) mass is 279 g/mol. The van der Waals surface area contributed by atoms with E-state index in [0.717, 1.165) is 0 Å². The maximum atomic E-state index is 12.2. The van der Waals surface area contributed by atoms with Crippen molar-refractivity contribution >= 4 is 11.9 Å².